The number of aliphatic carboxylic acids is 2. The second-order valence-electron chi connectivity index (χ2n) is 6.75. The zero-order chi connectivity index (χ0) is 16.3. The lowest BCUT2D eigenvalue weighted by Gasteiger charge is -2.33. The van der Waals surface area contributed by atoms with Crippen LogP contribution in [-0.2, 0) is 9.59 Å². The molecule has 1 saturated carbocycles. The van der Waals surface area contributed by atoms with Crippen molar-refractivity contribution in [1.82, 2.24) is 4.90 Å². The van der Waals surface area contributed by atoms with Crippen molar-refractivity contribution in [3.63, 3.8) is 0 Å². The highest BCUT2D eigenvalue weighted by Crippen LogP contribution is 2.36. The molecule has 2 rings (SSSR count). The summed E-state index contributed by atoms with van der Waals surface area (Å²) in [6.45, 7) is 1.02. The van der Waals surface area contributed by atoms with E-state index in [1.807, 2.05) is 0 Å². The molecule has 4 N–H and O–H groups in total. The Morgan fingerprint density at radius 1 is 1.23 bits per heavy atom. The van der Waals surface area contributed by atoms with E-state index >= 15 is 0 Å². The summed E-state index contributed by atoms with van der Waals surface area (Å²) in [5, 5.41) is 18.6. The first-order valence-corrected chi connectivity index (χ1v) is 8.07. The van der Waals surface area contributed by atoms with E-state index in [0.29, 0.717) is 32.3 Å². The Labute approximate surface area is 132 Å². The molecular formula is C15H25BN2O4. The molecule has 6 nitrogen and oxygen atoms in total. The van der Waals surface area contributed by atoms with Gasteiger partial charge in [0, 0.05) is 25.0 Å². The third kappa shape index (κ3) is 3.46. The zero-order valence-corrected chi connectivity index (χ0v) is 12.9. The standard InChI is InChI=1S/C15H25BN2O4/c16-7-1-2-11-8-18(9-15(11,17)14(21)22)12-5-3-10(4-6-12)13(19)20/h10-12H,1-9,17H2,(H,19,20)(H,21,22)/t10?,11-,12?,15-/m0/s1. The zero-order valence-electron chi connectivity index (χ0n) is 12.9. The smallest absolute Gasteiger partial charge is 0.325 e. The summed E-state index contributed by atoms with van der Waals surface area (Å²) in [6.07, 6.45) is 4.96. The van der Waals surface area contributed by atoms with E-state index in [1.165, 1.54) is 0 Å². The van der Waals surface area contributed by atoms with Gasteiger partial charge in [0.2, 0.25) is 0 Å². The Balaban J connectivity index is 1.99. The van der Waals surface area contributed by atoms with Gasteiger partial charge < -0.3 is 15.9 Å². The number of rotatable bonds is 6. The van der Waals surface area contributed by atoms with Crippen LogP contribution in [0.2, 0.25) is 6.32 Å². The van der Waals surface area contributed by atoms with Crippen molar-refractivity contribution >= 4 is 19.8 Å². The molecule has 1 heterocycles. The number of nitrogens with two attached hydrogens (primary N) is 1. The van der Waals surface area contributed by atoms with Crippen LogP contribution in [0.5, 0.6) is 0 Å². The fourth-order valence-corrected chi connectivity index (χ4v) is 3.90. The highest BCUT2D eigenvalue weighted by Gasteiger charge is 2.50. The molecule has 0 aromatic heterocycles. The van der Waals surface area contributed by atoms with Crippen molar-refractivity contribution in [3.05, 3.63) is 0 Å². The van der Waals surface area contributed by atoms with Crippen LogP contribution in [0.25, 0.3) is 0 Å². The largest absolute Gasteiger partial charge is 0.481 e. The van der Waals surface area contributed by atoms with Gasteiger partial charge in [-0.15, -0.1) is 0 Å². The maximum absolute atomic E-state index is 11.6. The monoisotopic (exact) mass is 308 g/mol. The molecule has 22 heavy (non-hydrogen) atoms. The van der Waals surface area contributed by atoms with Crippen LogP contribution in [0.1, 0.15) is 38.5 Å². The van der Waals surface area contributed by atoms with E-state index in [-0.39, 0.29) is 17.9 Å². The van der Waals surface area contributed by atoms with Crippen LogP contribution in [0.15, 0.2) is 0 Å². The maximum atomic E-state index is 11.6. The minimum Gasteiger partial charge on any atom is -0.481 e. The topological polar surface area (TPSA) is 104 Å². The summed E-state index contributed by atoms with van der Waals surface area (Å²) >= 11 is 0. The molecule has 2 atom stereocenters. The number of carboxylic acids is 2. The minimum atomic E-state index is -1.21. The number of likely N-dealkylation sites (tertiary alicyclic amines) is 1. The molecule has 0 unspecified atom stereocenters. The molecule has 0 spiro atoms. The summed E-state index contributed by atoms with van der Waals surface area (Å²) < 4.78 is 0. The van der Waals surface area contributed by atoms with E-state index in [9.17, 15) is 14.7 Å². The normalized spacial score (nSPS) is 36.3. The molecule has 122 valence electrons. The fraction of sp³-hybridized carbons (Fsp3) is 0.867. The second kappa shape index (κ2) is 7.00. The summed E-state index contributed by atoms with van der Waals surface area (Å²) in [5.74, 6) is -2.02. The van der Waals surface area contributed by atoms with Crippen LogP contribution in [0.3, 0.4) is 0 Å². The average molecular weight is 308 g/mol. The molecule has 1 aliphatic carbocycles. The Morgan fingerprint density at radius 3 is 2.36 bits per heavy atom. The van der Waals surface area contributed by atoms with Gasteiger partial charge in [-0.05, 0) is 32.1 Å². The second-order valence-corrected chi connectivity index (χ2v) is 6.75. The van der Waals surface area contributed by atoms with Gasteiger partial charge in [-0.3, -0.25) is 14.5 Å². The van der Waals surface area contributed by atoms with Gasteiger partial charge in [0.25, 0.3) is 0 Å². The summed E-state index contributed by atoms with van der Waals surface area (Å²) in [6, 6.07) is 0.251. The third-order valence-electron chi connectivity index (χ3n) is 5.37. The van der Waals surface area contributed by atoms with E-state index in [2.05, 4.69) is 4.90 Å². The molecule has 2 radical (unpaired) electrons. The molecule has 7 heteroatoms. The van der Waals surface area contributed by atoms with Crippen molar-refractivity contribution in [2.75, 3.05) is 13.1 Å². The fourth-order valence-electron chi connectivity index (χ4n) is 3.90. The van der Waals surface area contributed by atoms with Gasteiger partial charge in [-0.2, -0.15) is 0 Å². The van der Waals surface area contributed by atoms with E-state index in [0.717, 1.165) is 25.7 Å². The molecule has 0 bridgehead atoms. The van der Waals surface area contributed by atoms with Crippen LogP contribution >= 0.6 is 0 Å². The van der Waals surface area contributed by atoms with E-state index < -0.39 is 17.5 Å². The maximum Gasteiger partial charge on any atom is 0.325 e. The minimum absolute atomic E-state index is 0.0919. The lowest BCUT2D eigenvalue weighted by atomic mass is 9.83. The molecule has 2 aliphatic rings. The summed E-state index contributed by atoms with van der Waals surface area (Å²) in [5.41, 5.74) is 4.97. The molecule has 0 aromatic rings. The number of nitrogens with zero attached hydrogens (tertiary/aromatic N) is 1. The summed E-state index contributed by atoms with van der Waals surface area (Å²) in [7, 11) is 5.53. The quantitative estimate of drug-likeness (QED) is 0.624. The Hall–Kier alpha value is -1.08. The first kappa shape index (κ1) is 17.3. The van der Waals surface area contributed by atoms with E-state index in [4.69, 9.17) is 18.7 Å². The number of carboxylic acid groups (broad SMARTS) is 2. The van der Waals surface area contributed by atoms with Crippen LogP contribution < -0.4 is 5.73 Å². The molecule has 0 amide bonds. The van der Waals surface area contributed by atoms with Crippen molar-refractivity contribution in [2.24, 2.45) is 17.6 Å². The van der Waals surface area contributed by atoms with E-state index in [1.54, 1.807) is 0 Å². The predicted octanol–water partition coefficient (Wildman–Crippen LogP) is 0.711. The van der Waals surface area contributed by atoms with Crippen LogP contribution in [0.4, 0.5) is 0 Å². The average Bonchev–Trinajstić information content (AvgIpc) is 2.84. The van der Waals surface area contributed by atoms with Crippen molar-refractivity contribution in [2.45, 2.75) is 56.4 Å². The molecule has 1 aliphatic heterocycles. The van der Waals surface area contributed by atoms with Crippen LogP contribution in [0, 0.1) is 11.8 Å². The van der Waals surface area contributed by atoms with Crippen molar-refractivity contribution in [1.29, 1.82) is 0 Å². The number of hydrogen-bond donors (Lipinski definition) is 3. The highest BCUT2D eigenvalue weighted by molar-refractivity contribution is 6.08. The third-order valence-corrected chi connectivity index (χ3v) is 5.37. The van der Waals surface area contributed by atoms with Gasteiger partial charge in [-0.25, -0.2) is 0 Å². The van der Waals surface area contributed by atoms with Gasteiger partial charge >= 0.3 is 11.9 Å². The molecular weight excluding hydrogens is 283 g/mol. The SMILES string of the molecule is [B]CCC[C@H]1CN(C2CCC(C(=O)O)CC2)C[C@@]1(N)C(=O)O. The van der Waals surface area contributed by atoms with Gasteiger partial charge in [-0.1, -0.05) is 12.7 Å². The Morgan fingerprint density at radius 2 is 1.86 bits per heavy atom. The number of carbonyl (C=O) groups is 2. The van der Waals surface area contributed by atoms with Gasteiger partial charge in [0.15, 0.2) is 0 Å². The highest BCUT2D eigenvalue weighted by atomic mass is 16.4. The Kier molecular flexibility index (Phi) is 5.50. The first-order valence-electron chi connectivity index (χ1n) is 8.07. The number of hydrogen-bond acceptors (Lipinski definition) is 4. The lowest BCUT2D eigenvalue weighted by Crippen LogP contribution is -2.55. The van der Waals surface area contributed by atoms with Crippen molar-refractivity contribution < 1.29 is 19.8 Å². The molecule has 1 saturated heterocycles. The summed E-state index contributed by atoms with van der Waals surface area (Å²) in [4.78, 5) is 24.8. The first-order chi connectivity index (χ1) is 10.4. The molecule has 2 fully saturated rings. The predicted molar refractivity (Wildman–Crippen MR) is 82.8 cm³/mol. The van der Waals surface area contributed by atoms with Crippen LogP contribution in [-0.4, -0.2) is 59.6 Å². The van der Waals surface area contributed by atoms with Gasteiger partial charge in [0.1, 0.15) is 5.54 Å². The van der Waals surface area contributed by atoms with Crippen molar-refractivity contribution in [3.8, 4) is 0 Å². The Bertz CT molecular complexity index is 426. The van der Waals surface area contributed by atoms with Gasteiger partial charge in [0.05, 0.1) is 13.8 Å². The lowest BCUT2D eigenvalue weighted by molar-refractivity contribution is -0.144. The molecule has 0 aromatic carbocycles.